The number of aromatic nitrogens is 6. The highest BCUT2D eigenvalue weighted by atomic mass is 19.1. The van der Waals surface area contributed by atoms with Gasteiger partial charge >= 0.3 is 0 Å². The van der Waals surface area contributed by atoms with E-state index in [4.69, 9.17) is 9.97 Å². The van der Waals surface area contributed by atoms with Gasteiger partial charge in [-0.2, -0.15) is 5.10 Å². The van der Waals surface area contributed by atoms with Crippen LogP contribution >= 0.6 is 0 Å². The first-order valence-corrected chi connectivity index (χ1v) is 13.4. The predicted molar refractivity (Wildman–Crippen MR) is 161 cm³/mol. The number of carbonyl (C=O) groups is 1. The summed E-state index contributed by atoms with van der Waals surface area (Å²) in [5.41, 5.74) is 8.81. The average molecular weight is 554 g/mol. The lowest BCUT2D eigenvalue weighted by atomic mass is 10.0. The van der Waals surface area contributed by atoms with Crippen molar-refractivity contribution >= 4 is 33.7 Å². The van der Waals surface area contributed by atoms with Gasteiger partial charge in [-0.3, -0.25) is 14.9 Å². The van der Waals surface area contributed by atoms with Crippen molar-refractivity contribution in [1.82, 2.24) is 30.1 Å². The van der Waals surface area contributed by atoms with Crippen molar-refractivity contribution in [2.24, 2.45) is 0 Å². The predicted octanol–water partition coefficient (Wildman–Crippen LogP) is 6.86. The highest BCUT2D eigenvalue weighted by Crippen LogP contribution is 2.32. The number of H-pyrrole nitrogens is 2. The SMILES string of the molecule is Cc1cc(F)cc(-c2cccc3[nH]c(-c4n[nH]c5ccc(-c6cncc(NC(=O)Cc7ccccc7)c6)nc45)nc23)c1. The molecule has 0 atom stereocenters. The van der Waals surface area contributed by atoms with Gasteiger partial charge in [-0.1, -0.05) is 48.5 Å². The fourth-order valence-electron chi connectivity index (χ4n) is 5.13. The molecule has 0 aliphatic carbocycles. The van der Waals surface area contributed by atoms with Crippen LogP contribution in [0, 0.1) is 12.7 Å². The van der Waals surface area contributed by atoms with Gasteiger partial charge in [-0.05, 0) is 60.0 Å². The van der Waals surface area contributed by atoms with E-state index in [1.165, 1.54) is 12.1 Å². The number of para-hydroxylation sites is 1. The van der Waals surface area contributed by atoms with E-state index < -0.39 is 0 Å². The number of carbonyl (C=O) groups excluding carboxylic acids is 1. The molecule has 7 aromatic rings. The Morgan fingerprint density at radius 3 is 2.60 bits per heavy atom. The molecule has 0 fully saturated rings. The Hall–Kier alpha value is -5.70. The van der Waals surface area contributed by atoms with Crippen molar-refractivity contribution in [3.63, 3.8) is 0 Å². The van der Waals surface area contributed by atoms with Crippen molar-refractivity contribution < 1.29 is 9.18 Å². The molecule has 3 aromatic carbocycles. The molecule has 3 N–H and O–H groups in total. The Morgan fingerprint density at radius 2 is 1.74 bits per heavy atom. The lowest BCUT2D eigenvalue weighted by Gasteiger charge is -2.07. The smallest absolute Gasteiger partial charge is 0.228 e. The molecule has 0 saturated heterocycles. The number of rotatable bonds is 6. The number of aromatic amines is 2. The molecule has 7 rings (SSSR count). The number of hydrogen-bond acceptors (Lipinski definition) is 5. The Balaban J connectivity index is 1.22. The topological polar surface area (TPSA) is 112 Å². The standard InChI is InChI=1S/C33H24FN7O/c1-19-12-21(15-23(34)13-19)25-8-5-9-27-30(25)39-33(38-27)32-31-28(40-41-32)11-10-26(37-31)22-16-24(18-35-17-22)36-29(42)14-20-6-3-2-4-7-20/h2-13,15-18H,14H2,1H3,(H,36,42)(H,38,39)(H,40,41). The number of anilines is 1. The van der Waals surface area contributed by atoms with Crippen molar-refractivity contribution in [3.05, 3.63) is 114 Å². The van der Waals surface area contributed by atoms with Gasteiger partial charge in [-0.25, -0.2) is 14.4 Å². The van der Waals surface area contributed by atoms with Crippen LogP contribution in [0.5, 0.6) is 0 Å². The summed E-state index contributed by atoms with van der Waals surface area (Å²) in [7, 11) is 0. The molecule has 0 aliphatic rings. The zero-order chi connectivity index (χ0) is 28.6. The second-order valence-corrected chi connectivity index (χ2v) is 10.1. The molecule has 0 radical (unpaired) electrons. The number of imidazole rings is 1. The Morgan fingerprint density at radius 1 is 0.857 bits per heavy atom. The molecule has 0 unspecified atom stereocenters. The summed E-state index contributed by atoms with van der Waals surface area (Å²) in [4.78, 5) is 30.0. The third-order valence-corrected chi connectivity index (χ3v) is 7.02. The molecule has 9 heteroatoms. The molecular formula is C33H24FN7O. The van der Waals surface area contributed by atoms with E-state index in [9.17, 15) is 9.18 Å². The number of hydrogen-bond donors (Lipinski definition) is 3. The number of aryl methyl sites for hydroxylation is 1. The summed E-state index contributed by atoms with van der Waals surface area (Å²) in [6, 6.07) is 25.9. The van der Waals surface area contributed by atoms with Gasteiger partial charge in [0.05, 0.1) is 40.5 Å². The molecule has 0 bridgehead atoms. The summed E-state index contributed by atoms with van der Waals surface area (Å²) in [6.45, 7) is 1.87. The summed E-state index contributed by atoms with van der Waals surface area (Å²) in [5.74, 6) is 0.127. The quantitative estimate of drug-likeness (QED) is 0.208. The van der Waals surface area contributed by atoms with Crippen molar-refractivity contribution in [2.75, 3.05) is 5.32 Å². The molecule has 0 spiro atoms. The summed E-state index contributed by atoms with van der Waals surface area (Å²) in [6.07, 6.45) is 3.58. The first kappa shape index (κ1) is 25.3. The number of benzene rings is 3. The molecule has 8 nitrogen and oxygen atoms in total. The van der Waals surface area contributed by atoms with Crippen molar-refractivity contribution in [2.45, 2.75) is 13.3 Å². The Kier molecular flexibility index (Phi) is 6.24. The van der Waals surface area contributed by atoms with Crippen LogP contribution in [0.3, 0.4) is 0 Å². The van der Waals surface area contributed by atoms with Gasteiger partial charge in [0.15, 0.2) is 11.5 Å². The minimum absolute atomic E-state index is 0.127. The summed E-state index contributed by atoms with van der Waals surface area (Å²) in [5, 5.41) is 10.5. The summed E-state index contributed by atoms with van der Waals surface area (Å²) < 4.78 is 14.2. The molecular weight excluding hydrogens is 529 g/mol. The number of pyridine rings is 2. The first-order valence-electron chi connectivity index (χ1n) is 13.4. The third-order valence-electron chi connectivity index (χ3n) is 7.02. The lowest BCUT2D eigenvalue weighted by molar-refractivity contribution is -0.115. The number of amides is 1. The van der Waals surface area contributed by atoms with Gasteiger partial charge in [-0.15, -0.1) is 0 Å². The second-order valence-electron chi connectivity index (χ2n) is 10.1. The van der Waals surface area contributed by atoms with Crippen LogP contribution in [0.2, 0.25) is 0 Å². The zero-order valence-corrected chi connectivity index (χ0v) is 22.5. The van der Waals surface area contributed by atoms with Crippen LogP contribution in [0.15, 0.2) is 97.3 Å². The highest BCUT2D eigenvalue weighted by molar-refractivity contribution is 5.97. The fourth-order valence-corrected chi connectivity index (χ4v) is 5.13. The van der Waals surface area contributed by atoms with Gasteiger partial charge in [0.2, 0.25) is 5.91 Å². The largest absolute Gasteiger partial charge is 0.336 e. The third kappa shape index (κ3) is 4.88. The lowest BCUT2D eigenvalue weighted by Crippen LogP contribution is -2.14. The van der Waals surface area contributed by atoms with Crippen molar-refractivity contribution in [3.8, 4) is 33.9 Å². The van der Waals surface area contributed by atoms with E-state index in [1.807, 2.05) is 79.7 Å². The minimum atomic E-state index is -0.290. The molecule has 0 aliphatic heterocycles. The Labute approximate surface area is 239 Å². The zero-order valence-electron chi connectivity index (χ0n) is 22.5. The number of nitrogens with zero attached hydrogens (tertiary/aromatic N) is 4. The molecule has 204 valence electrons. The minimum Gasteiger partial charge on any atom is -0.336 e. The van der Waals surface area contributed by atoms with Crippen LogP contribution in [0.1, 0.15) is 11.1 Å². The molecule has 42 heavy (non-hydrogen) atoms. The van der Waals surface area contributed by atoms with Crippen LogP contribution in [0.25, 0.3) is 56.0 Å². The van der Waals surface area contributed by atoms with Crippen LogP contribution in [-0.2, 0) is 11.2 Å². The maximum absolute atomic E-state index is 14.2. The van der Waals surface area contributed by atoms with E-state index in [-0.39, 0.29) is 18.1 Å². The van der Waals surface area contributed by atoms with Gasteiger partial charge in [0.1, 0.15) is 11.3 Å². The summed E-state index contributed by atoms with van der Waals surface area (Å²) >= 11 is 0. The Bertz CT molecular complexity index is 2080. The fraction of sp³-hybridized carbons (Fsp3) is 0.0606. The van der Waals surface area contributed by atoms with Gasteiger partial charge < -0.3 is 10.3 Å². The first-order chi connectivity index (χ1) is 20.5. The van der Waals surface area contributed by atoms with E-state index in [2.05, 4.69) is 25.5 Å². The maximum Gasteiger partial charge on any atom is 0.228 e. The normalized spacial score (nSPS) is 11.3. The second kappa shape index (κ2) is 10.4. The average Bonchev–Trinajstić information content (AvgIpc) is 3.61. The molecule has 4 heterocycles. The van der Waals surface area contributed by atoms with Gasteiger partial charge in [0.25, 0.3) is 0 Å². The van der Waals surface area contributed by atoms with Crippen LogP contribution < -0.4 is 5.32 Å². The molecule has 1 amide bonds. The maximum atomic E-state index is 14.2. The van der Waals surface area contributed by atoms with Crippen LogP contribution in [0.4, 0.5) is 10.1 Å². The van der Waals surface area contributed by atoms with E-state index in [0.29, 0.717) is 33.9 Å². The molecule has 4 aromatic heterocycles. The van der Waals surface area contributed by atoms with Gasteiger partial charge in [0, 0.05) is 17.3 Å². The highest BCUT2D eigenvalue weighted by Gasteiger charge is 2.17. The number of halogens is 1. The van der Waals surface area contributed by atoms with Crippen molar-refractivity contribution in [1.29, 1.82) is 0 Å². The van der Waals surface area contributed by atoms with E-state index in [1.54, 1.807) is 12.4 Å². The van der Waals surface area contributed by atoms with Crippen LogP contribution in [-0.4, -0.2) is 36.0 Å². The number of fused-ring (bicyclic) bond motifs is 2. The van der Waals surface area contributed by atoms with E-state index >= 15 is 0 Å². The monoisotopic (exact) mass is 553 g/mol. The van der Waals surface area contributed by atoms with E-state index in [0.717, 1.165) is 38.9 Å². The number of nitrogens with one attached hydrogen (secondary N) is 3. The molecule has 0 saturated carbocycles.